The molecule has 0 unspecified atom stereocenters. The molecule has 1 aliphatic heterocycles. The summed E-state index contributed by atoms with van der Waals surface area (Å²) >= 11 is 0. The number of sulfone groups is 1. The lowest BCUT2D eigenvalue weighted by atomic mass is 9.42. The van der Waals surface area contributed by atoms with Gasteiger partial charge < -0.3 is 9.47 Å². The van der Waals surface area contributed by atoms with Gasteiger partial charge in [0.05, 0.1) is 26.5 Å². The second-order valence-electron chi connectivity index (χ2n) is 18.5. The van der Waals surface area contributed by atoms with Crippen LogP contribution < -0.4 is 4.90 Å². The Morgan fingerprint density at radius 3 is 1.62 bits per heavy atom. The minimum Gasteiger partial charge on any atom is -0.310 e. The zero-order valence-electron chi connectivity index (χ0n) is 34.9. The van der Waals surface area contributed by atoms with Gasteiger partial charge in [-0.05, 0) is 150 Å². The van der Waals surface area contributed by atoms with Crippen molar-refractivity contribution in [2.75, 3.05) is 4.90 Å². The molecule has 0 radical (unpaired) electrons. The molecule has 14 rings (SSSR count). The van der Waals surface area contributed by atoms with Crippen molar-refractivity contribution in [2.45, 2.75) is 47.3 Å². The summed E-state index contributed by atoms with van der Waals surface area (Å²) in [5.41, 5.74) is 12.8. The highest BCUT2D eigenvalue weighted by Crippen LogP contribution is 2.68. The molecule has 1 spiro atoms. The zero-order chi connectivity index (χ0) is 41.9. The molecule has 0 saturated heterocycles. The molecule has 0 atom stereocenters. The maximum atomic E-state index is 14.7. The fraction of sp³-hybridized carbons (Fsp3) is 0.172. The van der Waals surface area contributed by atoms with Gasteiger partial charge in [0.25, 0.3) is 0 Å². The van der Waals surface area contributed by atoms with E-state index in [0.717, 1.165) is 62.4 Å². The van der Waals surface area contributed by atoms with Gasteiger partial charge in [0, 0.05) is 38.8 Å². The molecule has 4 saturated carbocycles. The molecule has 9 aromatic rings. The number of nitrogens with zero attached hydrogens (tertiary/aromatic N) is 2. The summed E-state index contributed by atoms with van der Waals surface area (Å²) in [7, 11) is -3.73. The van der Waals surface area contributed by atoms with Gasteiger partial charge in [0.2, 0.25) is 9.84 Å². The van der Waals surface area contributed by atoms with E-state index >= 15 is 0 Å². The zero-order valence-corrected chi connectivity index (χ0v) is 35.8. The van der Waals surface area contributed by atoms with Gasteiger partial charge in [-0.15, -0.1) is 0 Å². The summed E-state index contributed by atoms with van der Waals surface area (Å²) in [6.07, 6.45) is 6.03. The third kappa shape index (κ3) is 5.42. The summed E-state index contributed by atoms with van der Waals surface area (Å²) in [5.74, 6) is 2.33. The van der Waals surface area contributed by atoms with Crippen LogP contribution in [0.3, 0.4) is 0 Å². The molecule has 5 heteroatoms. The lowest BCUT2D eigenvalue weighted by Gasteiger charge is -2.63. The number of rotatable bonds is 6. The molecule has 5 aliphatic rings. The van der Waals surface area contributed by atoms with Crippen molar-refractivity contribution in [3.8, 4) is 27.9 Å². The molecule has 306 valence electrons. The summed E-state index contributed by atoms with van der Waals surface area (Å²) in [5, 5.41) is 2.48. The van der Waals surface area contributed by atoms with Crippen LogP contribution in [0.5, 0.6) is 0 Å². The maximum Gasteiger partial charge on any atom is 0.207 e. The van der Waals surface area contributed by atoms with E-state index in [1.807, 2.05) is 24.3 Å². The second-order valence-corrected chi connectivity index (χ2v) is 20.4. The van der Waals surface area contributed by atoms with Gasteiger partial charge in [0.1, 0.15) is 0 Å². The first kappa shape index (κ1) is 36.9. The Hall–Kier alpha value is -6.69. The Kier molecular flexibility index (Phi) is 8.15. The molecule has 0 amide bonds. The highest BCUT2D eigenvalue weighted by atomic mass is 32.2. The highest BCUT2D eigenvalue weighted by Gasteiger charge is 2.62. The molecule has 4 aliphatic carbocycles. The first-order chi connectivity index (χ1) is 31.0. The first-order valence-electron chi connectivity index (χ1n) is 22.6. The number of benzene rings is 8. The quantitative estimate of drug-likeness (QED) is 0.168. The summed E-state index contributed by atoms with van der Waals surface area (Å²) in [6, 6.07) is 68.6. The van der Waals surface area contributed by atoms with E-state index in [0.29, 0.717) is 21.6 Å². The lowest BCUT2D eigenvalue weighted by molar-refractivity contribution is -0.0446. The van der Waals surface area contributed by atoms with Gasteiger partial charge in [-0.3, -0.25) is 0 Å². The Bertz CT molecular complexity index is 3290. The summed E-state index contributed by atoms with van der Waals surface area (Å²) in [6.45, 7) is 0. The molecular weight excluding hydrogens is 789 g/mol. The lowest BCUT2D eigenvalue weighted by Crippen LogP contribution is -2.57. The molecule has 63 heavy (non-hydrogen) atoms. The van der Waals surface area contributed by atoms with Crippen LogP contribution in [-0.2, 0) is 15.3 Å². The highest BCUT2D eigenvalue weighted by molar-refractivity contribution is 7.91. The van der Waals surface area contributed by atoms with E-state index in [2.05, 4.69) is 179 Å². The Balaban J connectivity index is 0.977. The van der Waals surface area contributed by atoms with Gasteiger partial charge in [0.15, 0.2) is 0 Å². The number of hydrogen-bond donors (Lipinski definition) is 0. The van der Waals surface area contributed by atoms with Crippen LogP contribution in [0.25, 0.3) is 49.7 Å². The van der Waals surface area contributed by atoms with Crippen LogP contribution in [0.1, 0.15) is 43.2 Å². The van der Waals surface area contributed by atoms with Crippen LogP contribution in [0.4, 0.5) is 17.1 Å². The predicted octanol–water partition coefficient (Wildman–Crippen LogP) is 14.5. The maximum absolute atomic E-state index is 14.7. The third-order valence-corrected chi connectivity index (χ3v) is 17.3. The smallest absolute Gasteiger partial charge is 0.207 e. The minimum absolute atomic E-state index is 0.329. The normalized spacial score (nSPS) is 22.6. The SMILES string of the molecule is O=S1(=O)c2ccccc2C2(c3cc(N(c4ccc(-c5ccccc5)cc4)c4ccc(-c5ccccc5-n5c6ccccc6c6ccccc65)cc4)ccc31)C1CC3CC(C1)CC2C3. The molecule has 4 fully saturated rings. The van der Waals surface area contributed by atoms with Gasteiger partial charge in [-0.1, -0.05) is 127 Å². The van der Waals surface area contributed by atoms with E-state index in [-0.39, 0.29) is 5.41 Å². The number of anilines is 3. The fourth-order valence-electron chi connectivity index (χ4n) is 13.1. The third-order valence-electron chi connectivity index (χ3n) is 15.4. The van der Waals surface area contributed by atoms with Crippen LogP contribution in [0.15, 0.2) is 204 Å². The summed E-state index contributed by atoms with van der Waals surface area (Å²) < 4.78 is 31.8. The molecule has 2 heterocycles. The van der Waals surface area contributed by atoms with E-state index in [1.54, 1.807) is 0 Å². The monoisotopic (exact) mass is 834 g/mol. The minimum atomic E-state index is -3.73. The van der Waals surface area contributed by atoms with E-state index in [4.69, 9.17) is 0 Å². The van der Waals surface area contributed by atoms with Gasteiger partial charge >= 0.3 is 0 Å². The van der Waals surface area contributed by atoms with Gasteiger partial charge in [-0.25, -0.2) is 8.42 Å². The largest absolute Gasteiger partial charge is 0.310 e. The molecule has 4 nitrogen and oxygen atoms in total. The van der Waals surface area contributed by atoms with Crippen molar-refractivity contribution in [3.63, 3.8) is 0 Å². The van der Waals surface area contributed by atoms with Crippen LogP contribution in [0.2, 0.25) is 0 Å². The second kappa shape index (κ2) is 13.9. The van der Waals surface area contributed by atoms with Crippen LogP contribution >= 0.6 is 0 Å². The summed E-state index contributed by atoms with van der Waals surface area (Å²) in [4.78, 5) is 3.34. The Labute approximate surface area is 369 Å². The van der Waals surface area contributed by atoms with Crippen LogP contribution in [-0.4, -0.2) is 13.0 Å². The van der Waals surface area contributed by atoms with Gasteiger partial charge in [-0.2, -0.15) is 0 Å². The first-order valence-corrected chi connectivity index (χ1v) is 24.1. The van der Waals surface area contributed by atoms with Crippen molar-refractivity contribution in [1.29, 1.82) is 0 Å². The number of para-hydroxylation sites is 3. The molecular formula is C58H46N2O2S. The predicted molar refractivity (Wildman–Crippen MR) is 256 cm³/mol. The van der Waals surface area contributed by atoms with Crippen molar-refractivity contribution in [1.82, 2.24) is 4.57 Å². The molecule has 4 bridgehead atoms. The van der Waals surface area contributed by atoms with Crippen molar-refractivity contribution in [2.24, 2.45) is 23.7 Å². The molecule has 8 aromatic carbocycles. The van der Waals surface area contributed by atoms with Crippen molar-refractivity contribution >= 4 is 48.7 Å². The fourth-order valence-corrected chi connectivity index (χ4v) is 14.9. The molecule has 0 N–H and O–H groups in total. The molecule has 1 aromatic heterocycles. The van der Waals surface area contributed by atoms with Crippen LogP contribution in [0, 0.1) is 23.7 Å². The van der Waals surface area contributed by atoms with E-state index in [9.17, 15) is 8.42 Å². The average Bonchev–Trinajstić information content (AvgIpc) is 3.66. The number of hydrogen-bond acceptors (Lipinski definition) is 3. The topological polar surface area (TPSA) is 42.3 Å². The van der Waals surface area contributed by atoms with E-state index in [1.165, 1.54) is 59.5 Å². The van der Waals surface area contributed by atoms with Crippen molar-refractivity contribution < 1.29 is 8.42 Å². The number of fused-ring (bicyclic) bond motifs is 5. The average molecular weight is 835 g/mol. The van der Waals surface area contributed by atoms with Crippen molar-refractivity contribution in [3.05, 3.63) is 205 Å². The Morgan fingerprint density at radius 1 is 0.444 bits per heavy atom. The Morgan fingerprint density at radius 2 is 0.952 bits per heavy atom. The van der Waals surface area contributed by atoms with E-state index < -0.39 is 9.84 Å². The number of aromatic nitrogens is 1. The standard InChI is InChI=1S/C58H46N2O2S/c61-63(62)56-21-11-7-17-51(56)58(43-33-38-32-39(35-43)36-44(58)34-38)52-37-47(30-31-57(52)63)59(45-26-22-41(23-27-45)40-12-2-1-3-13-40)46-28-24-42(25-29-46)48-14-4-8-18-53(48)60-54-19-9-5-15-49(54)50-16-6-10-20-55(50)60/h1-31,37-39,43-44H,32-36H2.